The molecule has 1 amide bonds. The van der Waals surface area contributed by atoms with Crippen LogP contribution in [-0.4, -0.2) is 36.5 Å². The molecule has 15 heavy (non-hydrogen) atoms. The van der Waals surface area contributed by atoms with Gasteiger partial charge in [0.15, 0.2) is 0 Å². The number of hydrogen-bond acceptors (Lipinski definition) is 2. The summed E-state index contributed by atoms with van der Waals surface area (Å²) in [6.07, 6.45) is 2.86. The number of amides is 1. The molecule has 88 valence electrons. The molecule has 1 aliphatic heterocycles. The van der Waals surface area contributed by atoms with E-state index in [-0.39, 0.29) is 0 Å². The Balaban J connectivity index is 2.51. The van der Waals surface area contributed by atoms with Gasteiger partial charge in [-0.05, 0) is 25.3 Å². The molecule has 0 spiro atoms. The Kier molecular flexibility index (Phi) is 5.09. The van der Waals surface area contributed by atoms with E-state index in [0.29, 0.717) is 24.3 Å². The van der Waals surface area contributed by atoms with E-state index in [1.165, 1.54) is 0 Å². The van der Waals surface area contributed by atoms with Crippen molar-refractivity contribution in [2.75, 3.05) is 19.6 Å². The summed E-state index contributed by atoms with van der Waals surface area (Å²) in [6.45, 7) is 9.30. The first kappa shape index (κ1) is 12.5. The van der Waals surface area contributed by atoms with E-state index >= 15 is 0 Å². The van der Waals surface area contributed by atoms with E-state index in [9.17, 15) is 4.79 Å². The van der Waals surface area contributed by atoms with Gasteiger partial charge in [-0.3, -0.25) is 4.79 Å². The third-order valence-corrected chi connectivity index (χ3v) is 2.84. The van der Waals surface area contributed by atoms with Crippen LogP contribution in [0.3, 0.4) is 0 Å². The van der Waals surface area contributed by atoms with Crippen molar-refractivity contribution >= 4 is 5.91 Å². The largest absolute Gasteiger partial charge is 0.338 e. The van der Waals surface area contributed by atoms with E-state index in [2.05, 4.69) is 31.0 Å². The molecule has 0 aromatic heterocycles. The van der Waals surface area contributed by atoms with Crippen LogP contribution in [0.1, 0.15) is 40.0 Å². The van der Waals surface area contributed by atoms with Crippen LogP contribution in [0.5, 0.6) is 0 Å². The summed E-state index contributed by atoms with van der Waals surface area (Å²) in [5.41, 5.74) is 0. The number of nitrogens with zero attached hydrogens (tertiary/aromatic N) is 1. The average Bonchev–Trinajstić information content (AvgIpc) is 2.65. The lowest BCUT2D eigenvalue weighted by molar-refractivity contribution is -0.134. The standard InChI is InChI=1S/C12H24N2O/c1-4-7-14(11-5-6-13-9-11)12(15)8-10(2)3/h10-11,13H,4-9H2,1-3H3. The average molecular weight is 212 g/mol. The van der Waals surface area contributed by atoms with Crippen molar-refractivity contribution in [2.45, 2.75) is 46.1 Å². The van der Waals surface area contributed by atoms with Gasteiger partial charge in [0.25, 0.3) is 0 Å². The first-order chi connectivity index (χ1) is 7.15. The summed E-state index contributed by atoms with van der Waals surface area (Å²) in [7, 11) is 0. The summed E-state index contributed by atoms with van der Waals surface area (Å²) >= 11 is 0. The lowest BCUT2D eigenvalue weighted by atomic mass is 10.1. The lowest BCUT2D eigenvalue weighted by Crippen LogP contribution is -2.42. The molecule has 1 unspecified atom stereocenters. The van der Waals surface area contributed by atoms with E-state index < -0.39 is 0 Å². The van der Waals surface area contributed by atoms with Gasteiger partial charge in [-0.2, -0.15) is 0 Å². The highest BCUT2D eigenvalue weighted by atomic mass is 16.2. The second kappa shape index (κ2) is 6.11. The zero-order valence-corrected chi connectivity index (χ0v) is 10.3. The predicted octanol–water partition coefficient (Wildman–Crippen LogP) is 1.63. The van der Waals surface area contributed by atoms with Crippen LogP contribution in [-0.2, 0) is 4.79 Å². The molecule has 0 aromatic rings. The van der Waals surface area contributed by atoms with Gasteiger partial charge < -0.3 is 10.2 Å². The van der Waals surface area contributed by atoms with Gasteiger partial charge in [0.05, 0.1) is 0 Å². The highest BCUT2D eigenvalue weighted by Gasteiger charge is 2.25. The molecule has 1 aliphatic rings. The Morgan fingerprint density at radius 2 is 2.27 bits per heavy atom. The first-order valence-electron chi connectivity index (χ1n) is 6.15. The fourth-order valence-electron chi connectivity index (χ4n) is 2.12. The first-order valence-corrected chi connectivity index (χ1v) is 6.15. The molecule has 3 nitrogen and oxygen atoms in total. The summed E-state index contributed by atoms with van der Waals surface area (Å²) in [5, 5.41) is 3.33. The summed E-state index contributed by atoms with van der Waals surface area (Å²) in [6, 6.07) is 0.441. The molecule has 3 heteroatoms. The van der Waals surface area contributed by atoms with Crippen molar-refractivity contribution in [3.05, 3.63) is 0 Å². The molecule has 0 aliphatic carbocycles. The fraction of sp³-hybridized carbons (Fsp3) is 0.917. The normalized spacial score (nSPS) is 20.9. The van der Waals surface area contributed by atoms with Gasteiger partial charge >= 0.3 is 0 Å². The molecule has 1 saturated heterocycles. The molecule has 1 heterocycles. The number of hydrogen-bond donors (Lipinski definition) is 1. The molecule has 1 N–H and O–H groups in total. The zero-order chi connectivity index (χ0) is 11.3. The minimum atomic E-state index is 0.334. The number of carbonyl (C=O) groups is 1. The molecular weight excluding hydrogens is 188 g/mol. The molecule has 1 atom stereocenters. The van der Waals surface area contributed by atoms with Crippen molar-refractivity contribution < 1.29 is 4.79 Å². The lowest BCUT2D eigenvalue weighted by Gasteiger charge is -2.29. The Labute approximate surface area is 93.2 Å². The van der Waals surface area contributed by atoms with Crippen LogP contribution in [0, 0.1) is 5.92 Å². The van der Waals surface area contributed by atoms with Gasteiger partial charge in [-0.1, -0.05) is 20.8 Å². The molecule has 0 saturated carbocycles. The van der Waals surface area contributed by atoms with E-state index in [1.54, 1.807) is 0 Å². The molecule has 0 bridgehead atoms. The van der Waals surface area contributed by atoms with Gasteiger partial charge in [-0.15, -0.1) is 0 Å². The van der Waals surface area contributed by atoms with Crippen molar-refractivity contribution in [1.82, 2.24) is 10.2 Å². The smallest absolute Gasteiger partial charge is 0.223 e. The van der Waals surface area contributed by atoms with Crippen molar-refractivity contribution in [3.63, 3.8) is 0 Å². The Morgan fingerprint density at radius 1 is 1.53 bits per heavy atom. The second-order valence-electron chi connectivity index (χ2n) is 4.83. The van der Waals surface area contributed by atoms with Crippen LogP contribution in [0.4, 0.5) is 0 Å². The van der Waals surface area contributed by atoms with Crippen LogP contribution >= 0.6 is 0 Å². The Morgan fingerprint density at radius 3 is 2.73 bits per heavy atom. The topological polar surface area (TPSA) is 32.3 Å². The van der Waals surface area contributed by atoms with Gasteiger partial charge in [0, 0.05) is 25.6 Å². The van der Waals surface area contributed by atoms with Crippen molar-refractivity contribution in [1.29, 1.82) is 0 Å². The minimum absolute atomic E-state index is 0.334. The molecular formula is C12H24N2O. The summed E-state index contributed by atoms with van der Waals surface area (Å²) in [4.78, 5) is 14.1. The summed E-state index contributed by atoms with van der Waals surface area (Å²) in [5.74, 6) is 0.798. The van der Waals surface area contributed by atoms with Crippen LogP contribution in [0.25, 0.3) is 0 Å². The maximum absolute atomic E-state index is 12.0. The van der Waals surface area contributed by atoms with E-state index in [4.69, 9.17) is 0 Å². The van der Waals surface area contributed by atoms with Gasteiger partial charge in [-0.25, -0.2) is 0 Å². The zero-order valence-electron chi connectivity index (χ0n) is 10.3. The monoisotopic (exact) mass is 212 g/mol. The number of nitrogens with one attached hydrogen (secondary N) is 1. The molecule has 1 rings (SSSR count). The fourth-order valence-corrected chi connectivity index (χ4v) is 2.12. The third kappa shape index (κ3) is 3.82. The van der Waals surface area contributed by atoms with Crippen molar-refractivity contribution in [3.8, 4) is 0 Å². The van der Waals surface area contributed by atoms with E-state index in [0.717, 1.165) is 32.5 Å². The van der Waals surface area contributed by atoms with Gasteiger partial charge in [0.1, 0.15) is 0 Å². The van der Waals surface area contributed by atoms with Gasteiger partial charge in [0.2, 0.25) is 5.91 Å². The second-order valence-corrected chi connectivity index (χ2v) is 4.83. The molecule has 0 aromatic carbocycles. The maximum Gasteiger partial charge on any atom is 0.223 e. The van der Waals surface area contributed by atoms with Crippen LogP contribution in [0.15, 0.2) is 0 Å². The highest BCUT2D eigenvalue weighted by molar-refractivity contribution is 5.76. The minimum Gasteiger partial charge on any atom is -0.338 e. The predicted molar refractivity (Wildman–Crippen MR) is 62.7 cm³/mol. The van der Waals surface area contributed by atoms with Crippen molar-refractivity contribution in [2.24, 2.45) is 5.92 Å². The number of rotatable bonds is 5. The summed E-state index contributed by atoms with van der Waals surface area (Å²) < 4.78 is 0. The quantitative estimate of drug-likeness (QED) is 0.751. The molecule has 1 fully saturated rings. The Bertz CT molecular complexity index is 198. The Hall–Kier alpha value is -0.570. The van der Waals surface area contributed by atoms with Crippen LogP contribution < -0.4 is 5.32 Å². The highest BCUT2D eigenvalue weighted by Crippen LogP contribution is 2.13. The SMILES string of the molecule is CCCN(C(=O)CC(C)C)C1CCNC1. The van der Waals surface area contributed by atoms with Crippen LogP contribution in [0.2, 0.25) is 0 Å². The third-order valence-electron chi connectivity index (χ3n) is 2.84. The molecule has 0 radical (unpaired) electrons. The maximum atomic E-state index is 12.0. The van der Waals surface area contributed by atoms with E-state index in [1.807, 2.05) is 0 Å². The number of carbonyl (C=O) groups excluding carboxylic acids is 1.